The predicted octanol–water partition coefficient (Wildman–Crippen LogP) is 1.60. The molecular formula is C16H14O8. The number of benzene rings is 2. The smallest absolute Gasteiger partial charge is 0.238 e. The van der Waals surface area contributed by atoms with Crippen LogP contribution in [-0.4, -0.2) is 37.7 Å². The van der Waals surface area contributed by atoms with Gasteiger partial charge in [-0.05, 0) is 18.2 Å². The zero-order valence-electron chi connectivity index (χ0n) is 12.4. The maximum Gasteiger partial charge on any atom is 0.238 e. The molecule has 6 N–H and O–H groups in total. The zero-order valence-corrected chi connectivity index (χ0v) is 12.4. The zero-order chi connectivity index (χ0) is 18.0. The average Bonchev–Trinajstić information content (AvgIpc) is 2.55. The molecule has 0 radical (unpaired) electrons. The van der Waals surface area contributed by atoms with E-state index in [4.69, 9.17) is 9.52 Å². The van der Waals surface area contributed by atoms with Crippen LogP contribution in [0.15, 0.2) is 39.5 Å². The minimum absolute atomic E-state index is 0.134. The molecule has 0 bridgehead atoms. The highest BCUT2D eigenvalue weighted by Gasteiger charge is 2.19. The normalized spacial score (nSPS) is 10.2. The van der Waals surface area contributed by atoms with Crippen molar-refractivity contribution in [3.05, 3.63) is 40.6 Å². The van der Waals surface area contributed by atoms with Crippen LogP contribution in [-0.2, 0) is 0 Å². The molecule has 0 atom stereocenters. The third kappa shape index (κ3) is 2.77. The fraction of sp³-hybridized carbons (Fsp3) is 0.0625. The van der Waals surface area contributed by atoms with Crippen molar-refractivity contribution in [1.82, 2.24) is 0 Å². The molecule has 3 aromatic rings. The highest BCUT2D eigenvalue weighted by molar-refractivity contribution is 5.88. The number of phenolic OH excluding ortho intramolecular Hbond substituents is 4. The van der Waals surface area contributed by atoms with E-state index in [0.717, 1.165) is 31.4 Å². The molecule has 1 aromatic heterocycles. The molecule has 0 aliphatic carbocycles. The van der Waals surface area contributed by atoms with Gasteiger partial charge in [-0.1, -0.05) is 0 Å². The van der Waals surface area contributed by atoms with Crippen molar-refractivity contribution < 1.29 is 35.1 Å². The molecule has 2 aromatic carbocycles. The molecule has 0 unspecified atom stereocenters. The summed E-state index contributed by atoms with van der Waals surface area (Å²) in [5, 5.41) is 54.6. The molecule has 0 aliphatic heterocycles. The van der Waals surface area contributed by atoms with Crippen molar-refractivity contribution in [1.29, 1.82) is 0 Å². The van der Waals surface area contributed by atoms with E-state index in [2.05, 4.69) is 0 Å². The number of hydrogen-bond acceptors (Lipinski definition) is 8. The summed E-state index contributed by atoms with van der Waals surface area (Å²) >= 11 is 0. The van der Waals surface area contributed by atoms with E-state index in [9.17, 15) is 30.3 Å². The van der Waals surface area contributed by atoms with E-state index in [1.165, 1.54) is 6.07 Å². The molecular weight excluding hydrogens is 320 g/mol. The Bertz CT molecular complexity index is 958. The second-order valence-electron chi connectivity index (χ2n) is 4.65. The Morgan fingerprint density at radius 3 is 2.12 bits per heavy atom. The number of fused-ring (bicyclic) bond motifs is 1. The monoisotopic (exact) mass is 334 g/mol. The standard InChI is InChI=1S/C15H10O7.CH4O/c16-7-4-10(19)12-11(5-7)22-15(14(21)13(12)20)6-1-2-8(17)9(18)3-6;1-2/h1-5,16-19,21H;2H,1H3. The van der Waals surface area contributed by atoms with Crippen LogP contribution in [0.25, 0.3) is 22.3 Å². The first-order valence-electron chi connectivity index (χ1n) is 6.57. The Morgan fingerprint density at radius 1 is 0.833 bits per heavy atom. The lowest BCUT2D eigenvalue weighted by atomic mass is 10.1. The minimum atomic E-state index is -0.888. The summed E-state index contributed by atoms with van der Waals surface area (Å²) in [4.78, 5) is 12.1. The summed E-state index contributed by atoms with van der Waals surface area (Å²) in [5.41, 5.74) is -0.890. The third-order valence-electron chi connectivity index (χ3n) is 3.17. The number of aliphatic hydroxyl groups excluding tert-OH is 1. The maximum atomic E-state index is 12.1. The molecule has 0 aliphatic rings. The van der Waals surface area contributed by atoms with Gasteiger partial charge in [0, 0.05) is 24.8 Å². The van der Waals surface area contributed by atoms with Gasteiger partial charge in [-0.3, -0.25) is 4.79 Å². The van der Waals surface area contributed by atoms with Crippen LogP contribution in [0, 0.1) is 0 Å². The van der Waals surface area contributed by atoms with Crippen LogP contribution >= 0.6 is 0 Å². The van der Waals surface area contributed by atoms with Gasteiger partial charge in [0.05, 0.1) is 0 Å². The second kappa shape index (κ2) is 6.39. The molecule has 0 saturated carbocycles. The van der Waals surface area contributed by atoms with Gasteiger partial charge in [0.2, 0.25) is 11.2 Å². The van der Waals surface area contributed by atoms with Crippen LogP contribution in [0.5, 0.6) is 28.7 Å². The van der Waals surface area contributed by atoms with Gasteiger partial charge < -0.3 is 35.1 Å². The van der Waals surface area contributed by atoms with Crippen molar-refractivity contribution >= 4 is 11.0 Å². The van der Waals surface area contributed by atoms with E-state index in [1.54, 1.807) is 0 Å². The molecule has 126 valence electrons. The first-order chi connectivity index (χ1) is 11.4. The largest absolute Gasteiger partial charge is 0.508 e. The third-order valence-corrected chi connectivity index (χ3v) is 3.17. The van der Waals surface area contributed by atoms with Crippen LogP contribution in [0.2, 0.25) is 0 Å². The van der Waals surface area contributed by atoms with Crippen LogP contribution in [0.1, 0.15) is 0 Å². The molecule has 0 saturated heterocycles. The van der Waals surface area contributed by atoms with Gasteiger partial charge in [0.15, 0.2) is 17.3 Å². The molecule has 8 heteroatoms. The lowest BCUT2D eigenvalue weighted by Gasteiger charge is -2.08. The number of aromatic hydroxyl groups is 5. The Morgan fingerprint density at radius 2 is 1.50 bits per heavy atom. The van der Waals surface area contributed by atoms with Gasteiger partial charge in [-0.2, -0.15) is 0 Å². The average molecular weight is 334 g/mol. The Hall–Kier alpha value is -3.39. The lowest BCUT2D eigenvalue weighted by Crippen LogP contribution is -2.02. The van der Waals surface area contributed by atoms with Crippen LogP contribution in [0.3, 0.4) is 0 Å². The fourth-order valence-corrected chi connectivity index (χ4v) is 2.14. The number of hydrogen-bond donors (Lipinski definition) is 6. The summed E-state index contributed by atoms with van der Waals surface area (Å²) in [6.45, 7) is 0. The summed E-state index contributed by atoms with van der Waals surface area (Å²) in [6, 6.07) is 5.64. The van der Waals surface area contributed by atoms with Crippen molar-refractivity contribution in [2.45, 2.75) is 0 Å². The second-order valence-corrected chi connectivity index (χ2v) is 4.65. The Kier molecular flexibility index (Phi) is 4.52. The molecule has 0 fully saturated rings. The summed E-state index contributed by atoms with van der Waals surface area (Å²) in [7, 11) is 1.00. The maximum absolute atomic E-state index is 12.1. The van der Waals surface area contributed by atoms with Crippen LogP contribution in [0.4, 0.5) is 0 Å². The topological polar surface area (TPSA) is 152 Å². The van der Waals surface area contributed by atoms with E-state index in [-0.39, 0.29) is 33.8 Å². The lowest BCUT2D eigenvalue weighted by molar-refractivity contribution is 0.399. The van der Waals surface area contributed by atoms with E-state index in [1.807, 2.05) is 0 Å². The minimum Gasteiger partial charge on any atom is -0.508 e. The quantitative estimate of drug-likeness (QED) is 0.367. The van der Waals surface area contributed by atoms with Crippen molar-refractivity contribution in [3.63, 3.8) is 0 Å². The summed E-state index contributed by atoms with van der Waals surface area (Å²) < 4.78 is 5.35. The van der Waals surface area contributed by atoms with Crippen molar-refractivity contribution in [3.8, 4) is 40.1 Å². The fourth-order valence-electron chi connectivity index (χ4n) is 2.14. The molecule has 8 nitrogen and oxygen atoms in total. The van der Waals surface area contributed by atoms with Gasteiger partial charge in [-0.25, -0.2) is 0 Å². The van der Waals surface area contributed by atoms with Crippen molar-refractivity contribution in [2.24, 2.45) is 0 Å². The number of phenols is 4. The van der Waals surface area contributed by atoms with Crippen molar-refractivity contribution in [2.75, 3.05) is 7.11 Å². The first kappa shape index (κ1) is 17.0. The summed E-state index contributed by atoms with van der Waals surface area (Å²) in [5.74, 6) is -2.71. The molecule has 24 heavy (non-hydrogen) atoms. The van der Waals surface area contributed by atoms with Gasteiger partial charge >= 0.3 is 0 Å². The highest BCUT2D eigenvalue weighted by Crippen LogP contribution is 2.37. The van der Waals surface area contributed by atoms with Crippen LogP contribution < -0.4 is 5.43 Å². The molecule has 3 rings (SSSR count). The Labute approximate surface area is 134 Å². The Balaban J connectivity index is 0.00000100. The van der Waals surface area contributed by atoms with E-state index in [0.29, 0.717) is 0 Å². The van der Waals surface area contributed by atoms with Gasteiger partial charge in [0.25, 0.3) is 0 Å². The first-order valence-corrected chi connectivity index (χ1v) is 6.57. The molecule has 0 spiro atoms. The number of rotatable bonds is 1. The van der Waals surface area contributed by atoms with Gasteiger partial charge in [0.1, 0.15) is 22.5 Å². The van der Waals surface area contributed by atoms with E-state index >= 15 is 0 Å². The van der Waals surface area contributed by atoms with E-state index < -0.39 is 22.7 Å². The van der Waals surface area contributed by atoms with Gasteiger partial charge in [-0.15, -0.1) is 0 Å². The molecule has 0 amide bonds. The highest BCUT2D eigenvalue weighted by atomic mass is 16.4. The predicted molar refractivity (Wildman–Crippen MR) is 84.4 cm³/mol. The number of aliphatic hydroxyl groups is 1. The summed E-state index contributed by atoms with van der Waals surface area (Å²) in [6.07, 6.45) is 0. The molecule has 1 heterocycles. The SMILES string of the molecule is CO.O=c1c(O)c(-c2ccc(O)c(O)c2)oc2cc(O)cc(O)c12.